The van der Waals surface area contributed by atoms with Gasteiger partial charge in [0.25, 0.3) is 0 Å². The van der Waals surface area contributed by atoms with Crippen molar-refractivity contribution in [2.75, 3.05) is 5.73 Å². The first kappa shape index (κ1) is 20.5. The minimum atomic E-state index is 0.238. The molecule has 1 aromatic carbocycles. The van der Waals surface area contributed by atoms with Gasteiger partial charge in [0.05, 0.1) is 11.6 Å². The molecule has 0 fully saturated rings. The molecule has 10 nitrogen and oxygen atoms in total. The van der Waals surface area contributed by atoms with Crippen molar-refractivity contribution in [3.63, 3.8) is 0 Å². The van der Waals surface area contributed by atoms with Gasteiger partial charge in [-0.3, -0.25) is 4.57 Å². The summed E-state index contributed by atoms with van der Waals surface area (Å²) in [4.78, 5) is 14.2. The lowest BCUT2D eigenvalue weighted by Crippen LogP contribution is -2.08. The predicted molar refractivity (Wildman–Crippen MR) is 135 cm³/mol. The third kappa shape index (κ3) is 3.11. The van der Waals surface area contributed by atoms with Gasteiger partial charge in [-0.2, -0.15) is 5.10 Å². The molecule has 5 heterocycles. The minimum absolute atomic E-state index is 0.238. The average molecular weight is 475 g/mol. The van der Waals surface area contributed by atoms with Crippen LogP contribution in [0.25, 0.3) is 34.1 Å². The molecule has 2 N–H and O–H groups in total. The summed E-state index contributed by atoms with van der Waals surface area (Å²) in [5.41, 5.74) is 12.1. The zero-order chi connectivity index (χ0) is 24.2. The lowest BCUT2D eigenvalue weighted by Gasteiger charge is -2.16. The summed E-state index contributed by atoms with van der Waals surface area (Å²) in [6, 6.07) is 16.3. The molecule has 36 heavy (non-hydrogen) atoms. The minimum Gasteiger partial charge on any atom is -0.383 e. The number of anilines is 1. The van der Waals surface area contributed by atoms with E-state index in [9.17, 15) is 0 Å². The lowest BCUT2D eigenvalue weighted by atomic mass is 10.1. The van der Waals surface area contributed by atoms with Crippen molar-refractivity contribution in [3.05, 3.63) is 90.4 Å². The Bertz CT molecular complexity index is 1730. The van der Waals surface area contributed by atoms with Crippen molar-refractivity contribution in [1.82, 2.24) is 44.1 Å². The first-order valence-electron chi connectivity index (χ1n) is 11.8. The third-order valence-electron chi connectivity index (χ3n) is 6.83. The van der Waals surface area contributed by atoms with Gasteiger partial charge in [0.1, 0.15) is 23.5 Å². The molecule has 0 bridgehead atoms. The van der Waals surface area contributed by atoms with E-state index < -0.39 is 0 Å². The van der Waals surface area contributed by atoms with Crippen LogP contribution in [-0.4, -0.2) is 44.1 Å². The summed E-state index contributed by atoms with van der Waals surface area (Å²) in [5.74, 6) is 2.75. The summed E-state index contributed by atoms with van der Waals surface area (Å²) < 4.78 is 5.95. The van der Waals surface area contributed by atoms with Crippen LogP contribution in [0.15, 0.2) is 73.4 Å². The number of rotatable bonds is 4. The van der Waals surface area contributed by atoms with Crippen LogP contribution >= 0.6 is 0 Å². The van der Waals surface area contributed by atoms with Crippen LogP contribution in [0.3, 0.4) is 0 Å². The number of hydrogen-bond acceptors (Lipinski definition) is 7. The van der Waals surface area contributed by atoms with Gasteiger partial charge in [0, 0.05) is 24.3 Å². The van der Waals surface area contributed by atoms with Crippen LogP contribution in [0, 0.1) is 6.92 Å². The Morgan fingerprint density at radius 2 is 1.97 bits per heavy atom. The number of nitrogens with zero attached hydrogens (tertiary/aromatic N) is 9. The van der Waals surface area contributed by atoms with Crippen LogP contribution in [-0.2, 0) is 6.42 Å². The van der Waals surface area contributed by atoms with Crippen LogP contribution < -0.4 is 5.73 Å². The number of pyridine rings is 2. The molecular formula is C26H22N10. The fourth-order valence-electron chi connectivity index (χ4n) is 5.13. The van der Waals surface area contributed by atoms with Crippen LogP contribution in [0.2, 0.25) is 0 Å². The van der Waals surface area contributed by atoms with Crippen LogP contribution in [0.4, 0.5) is 5.82 Å². The maximum atomic E-state index is 6.29. The van der Waals surface area contributed by atoms with E-state index in [-0.39, 0.29) is 6.04 Å². The number of imidazole rings is 1. The molecule has 0 radical (unpaired) electrons. The fourth-order valence-corrected chi connectivity index (χ4v) is 5.13. The molecule has 6 aromatic rings. The summed E-state index contributed by atoms with van der Waals surface area (Å²) >= 11 is 0. The molecule has 176 valence electrons. The van der Waals surface area contributed by atoms with Gasteiger partial charge in [-0.05, 0) is 73.4 Å². The number of nitrogens with two attached hydrogens (primary N) is 1. The average Bonchev–Trinajstić information content (AvgIpc) is 3.69. The maximum Gasteiger partial charge on any atom is 0.167 e. The van der Waals surface area contributed by atoms with E-state index in [0.29, 0.717) is 17.5 Å². The summed E-state index contributed by atoms with van der Waals surface area (Å²) in [5, 5.41) is 12.6. The SMILES string of the molecule is Cc1nncn1[C@H]1CCc2cc(-n3c(-c4cccnc4N)nc4ccc(-n5cccn5)nc43)ccc21. The lowest BCUT2D eigenvalue weighted by molar-refractivity contribution is 0.564. The molecule has 1 aliphatic rings. The number of fused-ring (bicyclic) bond motifs is 2. The molecule has 0 amide bonds. The molecule has 0 spiro atoms. The smallest absolute Gasteiger partial charge is 0.167 e. The molecule has 10 heteroatoms. The normalized spacial score (nSPS) is 15.0. The van der Waals surface area contributed by atoms with Gasteiger partial charge >= 0.3 is 0 Å². The third-order valence-corrected chi connectivity index (χ3v) is 6.83. The quantitative estimate of drug-likeness (QED) is 0.414. The zero-order valence-corrected chi connectivity index (χ0v) is 19.5. The molecule has 0 aliphatic heterocycles. The monoisotopic (exact) mass is 474 g/mol. The molecule has 0 saturated heterocycles. The van der Waals surface area contributed by atoms with Crippen LogP contribution in [0.5, 0.6) is 0 Å². The van der Waals surface area contributed by atoms with Gasteiger partial charge in [-0.15, -0.1) is 10.2 Å². The second-order valence-electron chi connectivity index (χ2n) is 8.89. The van der Waals surface area contributed by atoms with Gasteiger partial charge < -0.3 is 10.3 Å². The standard InChI is InChI=1S/C26H22N10/c1-16-33-29-15-34(16)22-9-5-17-14-18(6-7-19(17)22)36-25(20-4-2-11-28-24(20)27)31-21-8-10-23(32-26(21)36)35-13-3-12-30-35/h2-4,6-8,10-15,22H,5,9H2,1H3,(H2,27,28)/t22-/m0/s1. The van der Waals surface area contributed by atoms with Gasteiger partial charge in [0.2, 0.25) is 0 Å². The topological polar surface area (TPSA) is 118 Å². The number of nitrogen functional groups attached to an aromatic ring is 1. The van der Waals surface area contributed by atoms with E-state index in [1.54, 1.807) is 17.1 Å². The van der Waals surface area contributed by atoms with Crippen molar-refractivity contribution in [2.45, 2.75) is 25.8 Å². The Kier molecular flexibility index (Phi) is 4.47. The number of benzene rings is 1. The molecule has 5 aromatic heterocycles. The molecule has 1 aliphatic carbocycles. The van der Waals surface area contributed by atoms with Crippen molar-refractivity contribution in [3.8, 4) is 22.9 Å². The van der Waals surface area contributed by atoms with E-state index in [4.69, 9.17) is 15.7 Å². The molecular weight excluding hydrogens is 452 g/mol. The highest BCUT2D eigenvalue weighted by Crippen LogP contribution is 2.37. The Morgan fingerprint density at radius 1 is 1.03 bits per heavy atom. The number of aryl methyl sites for hydroxylation is 2. The Balaban J connectivity index is 1.43. The first-order valence-corrected chi connectivity index (χ1v) is 11.8. The van der Waals surface area contributed by atoms with Crippen molar-refractivity contribution < 1.29 is 0 Å². The molecule has 0 unspecified atom stereocenters. The predicted octanol–water partition coefficient (Wildman–Crippen LogP) is 3.69. The fraction of sp³-hybridized carbons (Fsp3) is 0.154. The maximum absolute atomic E-state index is 6.29. The summed E-state index contributed by atoms with van der Waals surface area (Å²) in [6.45, 7) is 1.99. The number of aromatic nitrogens is 9. The Labute approximate surface area is 206 Å². The Hall–Kier alpha value is -4.86. The van der Waals surface area contributed by atoms with Gasteiger partial charge in [-0.1, -0.05) is 6.07 Å². The van der Waals surface area contributed by atoms with E-state index in [1.807, 2.05) is 49.8 Å². The number of hydrogen-bond donors (Lipinski definition) is 1. The van der Waals surface area contributed by atoms with Gasteiger partial charge in [-0.25, -0.2) is 19.6 Å². The highest BCUT2D eigenvalue weighted by Gasteiger charge is 2.27. The zero-order valence-electron chi connectivity index (χ0n) is 19.5. The van der Waals surface area contributed by atoms with Crippen molar-refractivity contribution in [2.24, 2.45) is 0 Å². The second-order valence-corrected chi connectivity index (χ2v) is 8.89. The van der Waals surface area contributed by atoms with Gasteiger partial charge in [0.15, 0.2) is 17.3 Å². The Morgan fingerprint density at radius 3 is 2.78 bits per heavy atom. The van der Waals surface area contributed by atoms with Crippen LogP contribution in [0.1, 0.15) is 29.4 Å². The van der Waals surface area contributed by atoms with E-state index >= 15 is 0 Å². The second kappa shape index (κ2) is 7.84. The summed E-state index contributed by atoms with van der Waals surface area (Å²) in [6.07, 6.45) is 9.08. The largest absolute Gasteiger partial charge is 0.383 e. The molecule has 0 saturated carbocycles. The summed E-state index contributed by atoms with van der Waals surface area (Å²) in [7, 11) is 0. The van der Waals surface area contributed by atoms with E-state index in [1.165, 1.54) is 11.1 Å². The first-order chi connectivity index (χ1) is 17.7. The van der Waals surface area contributed by atoms with Crippen molar-refractivity contribution in [1.29, 1.82) is 0 Å². The highest BCUT2D eigenvalue weighted by atomic mass is 15.3. The van der Waals surface area contributed by atoms with E-state index in [2.05, 4.69) is 47.6 Å². The highest BCUT2D eigenvalue weighted by molar-refractivity contribution is 5.83. The van der Waals surface area contributed by atoms with E-state index in [0.717, 1.165) is 41.1 Å². The van der Waals surface area contributed by atoms with Crippen molar-refractivity contribution >= 4 is 17.0 Å². The molecule has 7 rings (SSSR count). The molecule has 1 atom stereocenters.